The van der Waals surface area contributed by atoms with Crippen molar-refractivity contribution in [1.82, 2.24) is 10.2 Å². The molecule has 0 bridgehead atoms. The molecular formula is C17H14BrN3O3. The number of benzene rings is 2. The molecule has 24 heavy (non-hydrogen) atoms. The molecule has 0 unspecified atom stereocenters. The van der Waals surface area contributed by atoms with Crippen LogP contribution in [0.4, 0.5) is 6.01 Å². The van der Waals surface area contributed by atoms with Crippen molar-refractivity contribution in [2.24, 2.45) is 0 Å². The molecule has 0 aliphatic carbocycles. The second-order valence-corrected chi connectivity index (χ2v) is 5.81. The Morgan fingerprint density at radius 1 is 1.17 bits per heavy atom. The summed E-state index contributed by atoms with van der Waals surface area (Å²) in [5.74, 6) is 0.885. The number of anilines is 1. The zero-order valence-corrected chi connectivity index (χ0v) is 14.4. The average Bonchev–Trinajstić information content (AvgIpc) is 3.02. The Kier molecular flexibility index (Phi) is 4.90. The lowest BCUT2D eigenvalue weighted by Gasteiger charge is -2.02. The van der Waals surface area contributed by atoms with Crippen LogP contribution in [0.5, 0.6) is 5.75 Å². The van der Waals surface area contributed by atoms with Crippen molar-refractivity contribution in [3.05, 3.63) is 70.0 Å². The summed E-state index contributed by atoms with van der Waals surface area (Å²) in [5, 5.41) is 10.4. The van der Waals surface area contributed by atoms with Gasteiger partial charge in [0.25, 0.3) is 5.91 Å². The molecule has 0 spiro atoms. The molecule has 1 amide bonds. The van der Waals surface area contributed by atoms with Crippen LogP contribution in [0.3, 0.4) is 0 Å². The summed E-state index contributed by atoms with van der Waals surface area (Å²) in [6.45, 7) is 0. The number of nitrogens with zero attached hydrogens (tertiary/aromatic N) is 2. The highest BCUT2D eigenvalue weighted by Crippen LogP contribution is 2.18. The van der Waals surface area contributed by atoms with Gasteiger partial charge in [-0.25, -0.2) is 0 Å². The summed E-state index contributed by atoms with van der Waals surface area (Å²) in [6.07, 6.45) is 0.474. The van der Waals surface area contributed by atoms with Gasteiger partial charge in [-0.15, -0.1) is 5.10 Å². The highest BCUT2D eigenvalue weighted by atomic mass is 79.9. The highest BCUT2D eigenvalue weighted by molar-refractivity contribution is 9.10. The molecule has 3 aromatic rings. The van der Waals surface area contributed by atoms with Gasteiger partial charge in [0.05, 0.1) is 19.1 Å². The molecule has 3 rings (SSSR count). The smallest absolute Gasteiger partial charge is 0.322 e. The van der Waals surface area contributed by atoms with Gasteiger partial charge in [0.15, 0.2) is 0 Å². The van der Waals surface area contributed by atoms with Gasteiger partial charge < -0.3 is 9.15 Å². The lowest BCUT2D eigenvalue weighted by Crippen LogP contribution is -2.12. The van der Waals surface area contributed by atoms with Gasteiger partial charge in [0.1, 0.15) is 5.75 Å². The van der Waals surface area contributed by atoms with Crippen LogP contribution in [0.1, 0.15) is 21.8 Å². The van der Waals surface area contributed by atoms with E-state index in [1.165, 1.54) is 0 Å². The van der Waals surface area contributed by atoms with Crippen molar-refractivity contribution < 1.29 is 13.9 Å². The lowest BCUT2D eigenvalue weighted by molar-refractivity contribution is 0.102. The molecule has 2 aromatic carbocycles. The fourth-order valence-corrected chi connectivity index (χ4v) is 2.57. The Bertz CT molecular complexity index is 846. The number of amides is 1. The largest absolute Gasteiger partial charge is 0.497 e. The number of halogens is 1. The summed E-state index contributed by atoms with van der Waals surface area (Å²) in [7, 11) is 1.62. The van der Waals surface area contributed by atoms with Crippen LogP contribution in [0.25, 0.3) is 0 Å². The number of ether oxygens (including phenoxy) is 1. The molecule has 122 valence electrons. The van der Waals surface area contributed by atoms with Crippen molar-refractivity contribution in [2.45, 2.75) is 6.42 Å². The molecule has 1 aromatic heterocycles. The van der Waals surface area contributed by atoms with Gasteiger partial charge in [-0.2, -0.15) is 0 Å². The molecule has 7 heteroatoms. The van der Waals surface area contributed by atoms with Gasteiger partial charge in [-0.1, -0.05) is 29.4 Å². The van der Waals surface area contributed by atoms with Crippen molar-refractivity contribution in [2.75, 3.05) is 12.4 Å². The Morgan fingerprint density at radius 3 is 2.62 bits per heavy atom. The number of aromatic nitrogens is 2. The van der Waals surface area contributed by atoms with Crippen molar-refractivity contribution in [3.63, 3.8) is 0 Å². The maximum atomic E-state index is 12.2. The SMILES string of the molecule is COc1ccc(Cc2nnc(NC(=O)c3ccccc3Br)o2)cc1. The summed E-state index contributed by atoms with van der Waals surface area (Å²) in [6, 6.07) is 14.7. The van der Waals surface area contributed by atoms with E-state index in [0.717, 1.165) is 11.3 Å². The van der Waals surface area contributed by atoms with E-state index in [0.29, 0.717) is 22.3 Å². The van der Waals surface area contributed by atoms with Crippen LogP contribution >= 0.6 is 15.9 Å². The highest BCUT2D eigenvalue weighted by Gasteiger charge is 2.14. The van der Waals surface area contributed by atoms with Crippen LogP contribution in [-0.2, 0) is 6.42 Å². The first kappa shape index (κ1) is 16.2. The van der Waals surface area contributed by atoms with Crippen LogP contribution in [0.15, 0.2) is 57.4 Å². The van der Waals surface area contributed by atoms with Gasteiger partial charge in [-0.3, -0.25) is 10.1 Å². The third-order valence-electron chi connectivity index (χ3n) is 3.32. The fourth-order valence-electron chi connectivity index (χ4n) is 2.10. The molecule has 0 fully saturated rings. The summed E-state index contributed by atoms with van der Waals surface area (Å²) < 4.78 is 11.3. The first-order valence-corrected chi connectivity index (χ1v) is 7.96. The minimum Gasteiger partial charge on any atom is -0.497 e. The maximum Gasteiger partial charge on any atom is 0.322 e. The van der Waals surface area contributed by atoms with Crippen LogP contribution in [0, 0.1) is 0 Å². The van der Waals surface area contributed by atoms with E-state index in [-0.39, 0.29) is 11.9 Å². The molecule has 0 radical (unpaired) electrons. The Morgan fingerprint density at radius 2 is 1.92 bits per heavy atom. The number of methoxy groups -OCH3 is 1. The number of hydrogen-bond acceptors (Lipinski definition) is 5. The number of hydrogen-bond donors (Lipinski definition) is 1. The molecule has 6 nitrogen and oxygen atoms in total. The van der Waals surface area contributed by atoms with Gasteiger partial charge in [0.2, 0.25) is 5.89 Å². The summed E-state index contributed by atoms with van der Waals surface area (Å²) >= 11 is 3.33. The standard InChI is InChI=1S/C17H14BrN3O3/c1-23-12-8-6-11(7-9-12)10-15-20-21-17(24-15)19-16(22)13-4-2-3-5-14(13)18/h2-9H,10H2,1H3,(H,19,21,22). The Hall–Kier alpha value is -2.67. The van der Waals surface area contributed by atoms with E-state index in [9.17, 15) is 4.79 Å². The second kappa shape index (κ2) is 7.27. The monoisotopic (exact) mass is 387 g/mol. The average molecular weight is 388 g/mol. The van der Waals surface area contributed by atoms with E-state index in [1.807, 2.05) is 30.3 Å². The van der Waals surface area contributed by atoms with Crippen molar-refractivity contribution in [3.8, 4) is 5.75 Å². The van der Waals surface area contributed by atoms with E-state index >= 15 is 0 Å². The summed E-state index contributed by atoms with van der Waals surface area (Å²) in [4.78, 5) is 12.2. The third kappa shape index (κ3) is 3.80. The lowest BCUT2D eigenvalue weighted by atomic mass is 10.1. The normalized spacial score (nSPS) is 10.4. The minimum atomic E-state index is -0.317. The number of carbonyl (C=O) groups excluding carboxylic acids is 1. The molecule has 0 aliphatic rings. The summed E-state index contributed by atoms with van der Waals surface area (Å²) in [5.41, 5.74) is 1.50. The Balaban J connectivity index is 1.67. The van der Waals surface area contributed by atoms with E-state index in [4.69, 9.17) is 9.15 Å². The fraction of sp³-hybridized carbons (Fsp3) is 0.118. The first-order valence-electron chi connectivity index (χ1n) is 7.17. The molecule has 0 saturated heterocycles. The second-order valence-electron chi connectivity index (χ2n) is 4.96. The predicted octanol–water partition coefficient (Wildman–Crippen LogP) is 3.68. The van der Waals surface area contributed by atoms with Gasteiger partial charge >= 0.3 is 6.01 Å². The van der Waals surface area contributed by atoms with Gasteiger partial charge in [-0.05, 0) is 45.8 Å². The zero-order chi connectivity index (χ0) is 16.9. The van der Waals surface area contributed by atoms with E-state index in [1.54, 1.807) is 25.3 Å². The molecule has 1 N–H and O–H groups in total. The zero-order valence-electron chi connectivity index (χ0n) is 12.8. The molecule has 0 atom stereocenters. The topological polar surface area (TPSA) is 77.3 Å². The third-order valence-corrected chi connectivity index (χ3v) is 4.01. The molecule has 0 aliphatic heterocycles. The minimum absolute atomic E-state index is 0.0688. The van der Waals surface area contributed by atoms with E-state index < -0.39 is 0 Å². The molecule has 1 heterocycles. The number of nitrogens with one attached hydrogen (secondary N) is 1. The molecular weight excluding hydrogens is 374 g/mol. The number of carbonyl (C=O) groups is 1. The quantitative estimate of drug-likeness (QED) is 0.722. The van der Waals surface area contributed by atoms with Crippen molar-refractivity contribution >= 4 is 27.9 Å². The van der Waals surface area contributed by atoms with Crippen LogP contribution < -0.4 is 10.1 Å². The number of rotatable bonds is 5. The maximum absolute atomic E-state index is 12.2. The van der Waals surface area contributed by atoms with Crippen LogP contribution in [-0.4, -0.2) is 23.2 Å². The first-order chi connectivity index (χ1) is 11.7. The van der Waals surface area contributed by atoms with E-state index in [2.05, 4.69) is 31.4 Å². The van der Waals surface area contributed by atoms with Crippen molar-refractivity contribution in [1.29, 1.82) is 0 Å². The predicted molar refractivity (Wildman–Crippen MR) is 92.2 cm³/mol. The van der Waals surface area contributed by atoms with Gasteiger partial charge in [0, 0.05) is 4.47 Å². The van der Waals surface area contributed by atoms with Crippen LogP contribution in [0.2, 0.25) is 0 Å². The molecule has 0 saturated carbocycles. The Labute approximate surface area is 147 Å².